The highest BCUT2D eigenvalue weighted by Crippen LogP contribution is 3.03. The zero-order chi connectivity index (χ0) is 17.2. The van der Waals surface area contributed by atoms with Crippen molar-refractivity contribution in [2.45, 2.75) is 24.6 Å². The second-order valence-electron chi connectivity index (χ2n) is 9.13. The van der Waals surface area contributed by atoms with Gasteiger partial charge in [0.25, 0.3) is 0 Å². The number of aliphatic hydroxyl groups excluding tert-OH is 1. The molecule has 0 saturated heterocycles. The molecular formula is C20H17N3O3. The number of rotatable bonds is 1. The summed E-state index contributed by atoms with van der Waals surface area (Å²) >= 11 is 0. The number of allylic oxidation sites excluding steroid dienone is 1. The van der Waals surface area contributed by atoms with E-state index in [4.69, 9.17) is 0 Å². The third kappa shape index (κ3) is 0.895. The highest BCUT2D eigenvalue weighted by molar-refractivity contribution is 5.54. The molecule has 1 aromatic heterocycles. The van der Waals surface area contributed by atoms with E-state index in [0.29, 0.717) is 29.4 Å². The highest BCUT2D eigenvalue weighted by atomic mass is 16.3. The van der Waals surface area contributed by atoms with Crippen molar-refractivity contribution in [3.05, 3.63) is 63.5 Å². The van der Waals surface area contributed by atoms with Gasteiger partial charge < -0.3 is 5.11 Å². The Morgan fingerprint density at radius 1 is 0.962 bits per heavy atom. The number of benzene rings is 1. The number of hydrogen-bond acceptors (Lipinski definition) is 3. The third-order valence-electron chi connectivity index (χ3n) is 8.81. The topological polar surface area (TPSA) is 69.2 Å². The van der Waals surface area contributed by atoms with Gasteiger partial charge in [0.05, 0.1) is 23.9 Å². The number of aliphatic hydroxyl groups is 1. The summed E-state index contributed by atoms with van der Waals surface area (Å²) in [5.74, 6) is 2.30. The Kier molecular flexibility index (Phi) is 1.65. The number of hydrogen-bond donors (Lipinski definition) is 1. The molecule has 0 amide bonds. The standard InChI is InChI=1S/C20H17N3O3/c24-10-6-7-19-14-11-12-13(11)16(20(14,19)8-10)23-18(26)21(9-4-2-1-3-5-9)17(25)22(23)15(12)19/h1-7,10-16,24H,8H2. The minimum absolute atomic E-state index is 0.00898. The van der Waals surface area contributed by atoms with E-state index < -0.39 is 6.10 Å². The van der Waals surface area contributed by atoms with Gasteiger partial charge in [0.15, 0.2) is 0 Å². The van der Waals surface area contributed by atoms with Crippen LogP contribution in [0.1, 0.15) is 18.5 Å². The smallest absolute Gasteiger partial charge is 0.352 e. The summed E-state index contributed by atoms with van der Waals surface area (Å²) in [5.41, 5.74) is 0.254. The van der Waals surface area contributed by atoms with Crippen LogP contribution < -0.4 is 11.4 Å². The largest absolute Gasteiger partial charge is 0.389 e. The molecule has 3 heterocycles. The summed E-state index contributed by atoms with van der Waals surface area (Å²) in [5, 5.41) is 10.3. The first kappa shape index (κ1) is 12.9. The fourth-order valence-electron chi connectivity index (χ4n) is 8.52. The molecule has 0 radical (unpaired) electrons. The van der Waals surface area contributed by atoms with Gasteiger partial charge in [-0.25, -0.2) is 23.5 Å². The van der Waals surface area contributed by atoms with E-state index in [0.717, 1.165) is 6.42 Å². The van der Waals surface area contributed by atoms with Gasteiger partial charge in [0, 0.05) is 10.8 Å². The molecule has 2 aliphatic heterocycles. The molecule has 9 rings (SSSR count). The third-order valence-corrected chi connectivity index (χ3v) is 8.81. The first-order valence-electron chi connectivity index (χ1n) is 9.53. The molecule has 6 nitrogen and oxygen atoms in total. The fourth-order valence-corrected chi connectivity index (χ4v) is 8.52. The first-order valence-corrected chi connectivity index (χ1v) is 9.53. The van der Waals surface area contributed by atoms with Crippen molar-refractivity contribution in [1.29, 1.82) is 0 Å². The quantitative estimate of drug-likeness (QED) is 0.773. The van der Waals surface area contributed by atoms with Crippen LogP contribution in [0, 0.1) is 34.5 Å². The maximum atomic E-state index is 13.3. The van der Waals surface area contributed by atoms with Crippen LogP contribution in [0.15, 0.2) is 52.1 Å². The predicted octanol–water partition coefficient (Wildman–Crippen LogP) is 0.709. The summed E-state index contributed by atoms with van der Waals surface area (Å²) in [6.45, 7) is 0. The van der Waals surface area contributed by atoms with Crippen LogP contribution in [-0.4, -0.2) is 25.1 Å². The molecule has 4 saturated carbocycles. The molecule has 4 fully saturated rings. The van der Waals surface area contributed by atoms with Gasteiger partial charge in [-0.3, -0.25) is 0 Å². The number of aromatic nitrogens is 3. The summed E-state index contributed by atoms with van der Waals surface area (Å²) in [6, 6.07) is 9.41. The Balaban J connectivity index is 1.47. The number of nitrogens with zero attached hydrogens (tertiary/aromatic N) is 3. The Morgan fingerprint density at radius 2 is 1.65 bits per heavy atom. The highest BCUT2D eigenvalue weighted by Gasteiger charge is 3.02. The van der Waals surface area contributed by atoms with Crippen LogP contribution >= 0.6 is 0 Å². The summed E-state index contributed by atoms with van der Waals surface area (Å²) in [6.07, 6.45) is 4.47. The van der Waals surface area contributed by atoms with Gasteiger partial charge in [-0.2, -0.15) is 0 Å². The van der Waals surface area contributed by atoms with Crippen molar-refractivity contribution in [2.75, 3.05) is 0 Å². The van der Waals surface area contributed by atoms with Gasteiger partial charge in [0.1, 0.15) is 0 Å². The van der Waals surface area contributed by atoms with Crippen molar-refractivity contribution in [1.82, 2.24) is 13.9 Å². The van der Waals surface area contributed by atoms with E-state index in [2.05, 4.69) is 6.08 Å². The van der Waals surface area contributed by atoms with Crippen LogP contribution in [0.3, 0.4) is 0 Å². The molecule has 6 heteroatoms. The number of para-hydroxylation sites is 1. The summed E-state index contributed by atoms with van der Waals surface area (Å²) in [7, 11) is 0. The molecule has 9 atom stereocenters. The Morgan fingerprint density at radius 3 is 2.42 bits per heavy atom. The molecule has 7 aliphatic rings. The zero-order valence-corrected chi connectivity index (χ0v) is 13.9. The van der Waals surface area contributed by atoms with E-state index in [9.17, 15) is 14.7 Å². The monoisotopic (exact) mass is 347 g/mol. The van der Waals surface area contributed by atoms with Gasteiger partial charge in [-0.05, 0) is 42.2 Å². The van der Waals surface area contributed by atoms with Crippen molar-refractivity contribution >= 4 is 0 Å². The minimum Gasteiger partial charge on any atom is -0.389 e. The molecule has 1 N–H and O–H groups in total. The molecule has 26 heavy (non-hydrogen) atoms. The maximum absolute atomic E-state index is 13.3. The summed E-state index contributed by atoms with van der Waals surface area (Å²) < 4.78 is 4.93. The molecule has 130 valence electrons. The van der Waals surface area contributed by atoms with E-state index in [1.54, 1.807) is 9.36 Å². The average Bonchev–Trinajstić information content (AvgIpc) is 3.40. The van der Waals surface area contributed by atoms with Crippen LogP contribution in [0.25, 0.3) is 5.69 Å². The molecule has 1 aromatic carbocycles. The lowest BCUT2D eigenvalue weighted by atomic mass is 9.67. The van der Waals surface area contributed by atoms with Crippen molar-refractivity contribution in [3.8, 4) is 5.69 Å². The molecule has 2 bridgehead atoms. The second kappa shape index (κ2) is 3.31. The first-order chi connectivity index (χ1) is 12.6. The van der Waals surface area contributed by atoms with E-state index in [-0.39, 0.29) is 34.3 Å². The van der Waals surface area contributed by atoms with Gasteiger partial charge in [-0.15, -0.1) is 0 Å². The normalized spacial score (nSPS) is 52.0. The minimum atomic E-state index is -0.421. The molecule has 5 aliphatic carbocycles. The van der Waals surface area contributed by atoms with E-state index >= 15 is 0 Å². The van der Waals surface area contributed by atoms with Crippen molar-refractivity contribution in [2.24, 2.45) is 34.5 Å². The van der Waals surface area contributed by atoms with Crippen LogP contribution in [0.4, 0.5) is 0 Å². The lowest BCUT2D eigenvalue weighted by Gasteiger charge is -2.49. The van der Waals surface area contributed by atoms with Crippen LogP contribution in [-0.2, 0) is 0 Å². The van der Waals surface area contributed by atoms with Gasteiger partial charge in [0.2, 0.25) is 0 Å². The molecule has 9 unspecified atom stereocenters. The fraction of sp³-hybridized carbons (Fsp3) is 0.500. The van der Waals surface area contributed by atoms with E-state index in [1.165, 1.54) is 4.57 Å². The SMILES string of the molecule is O=c1n(-c2ccccc2)c(=O)n2n1C1C3C4C3C3C15C=CC(O)CC35C42. The lowest BCUT2D eigenvalue weighted by Crippen LogP contribution is -2.53. The van der Waals surface area contributed by atoms with Crippen LogP contribution in [0.5, 0.6) is 0 Å². The Bertz CT molecular complexity index is 1190. The second-order valence-corrected chi connectivity index (χ2v) is 9.13. The van der Waals surface area contributed by atoms with Crippen molar-refractivity contribution in [3.63, 3.8) is 0 Å². The van der Waals surface area contributed by atoms with Crippen LogP contribution in [0.2, 0.25) is 0 Å². The lowest BCUT2D eigenvalue weighted by molar-refractivity contribution is -0.00744. The summed E-state index contributed by atoms with van der Waals surface area (Å²) in [4.78, 5) is 26.7. The zero-order valence-electron chi connectivity index (χ0n) is 13.9. The van der Waals surface area contributed by atoms with Gasteiger partial charge in [-0.1, -0.05) is 30.4 Å². The average molecular weight is 347 g/mol. The van der Waals surface area contributed by atoms with Gasteiger partial charge >= 0.3 is 11.4 Å². The Labute approximate surface area is 148 Å². The Hall–Kier alpha value is -2.34. The predicted molar refractivity (Wildman–Crippen MR) is 91.0 cm³/mol. The molecule has 2 spiro atoms. The van der Waals surface area contributed by atoms with Crippen molar-refractivity contribution < 1.29 is 5.11 Å². The molecular weight excluding hydrogens is 330 g/mol. The molecule has 2 aromatic rings. The van der Waals surface area contributed by atoms with E-state index in [1.807, 2.05) is 36.4 Å². The maximum Gasteiger partial charge on any atom is 0.352 e.